The zero-order chi connectivity index (χ0) is 15.9. The van der Waals surface area contributed by atoms with E-state index in [0.717, 1.165) is 5.56 Å². The summed E-state index contributed by atoms with van der Waals surface area (Å²) in [4.78, 5) is 27.3. The normalized spacial score (nSPS) is 10.5. The fourth-order valence-corrected chi connectivity index (χ4v) is 1.61. The maximum atomic E-state index is 11.8. The molecule has 0 saturated heterocycles. The lowest BCUT2D eigenvalue weighted by molar-refractivity contribution is -0.122. The second-order valence-electron chi connectivity index (χ2n) is 5.08. The number of anilines is 1. The van der Waals surface area contributed by atoms with Crippen molar-refractivity contribution in [3.8, 4) is 0 Å². The molecule has 0 fully saturated rings. The Kier molecular flexibility index (Phi) is 5.18. The standard InChI is InChI=1S/C14H18N6O2/c1-10(2)14(22)17-12-8-20(19-18-12)9-13(21)16-7-11-4-3-5-15-6-11/h3-6,8,10H,7,9H2,1-2H3,(H,16,21)(H,17,22). The van der Waals surface area contributed by atoms with Gasteiger partial charge in [0, 0.05) is 24.9 Å². The van der Waals surface area contributed by atoms with Crippen LogP contribution < -0.4 is 10.6 Å². The molecule has 0 atom stereocenters. The average molecular weight is 302 g/mol. The summed E-state index contributed by atoms with van der Waals surface area (Å²) < 4.78 is 1.37. The number of hydrogen-bond acceptors (Lipinski definition) is 5. The molecule has 116 valence electrons. The van der Waals surface area contributed by atoms with Gasteiger partial charge >= 0.3 is 0 Å². The lowest BCUT2D eigenvalue weighted by atomic mass is 10.2. The van der Waals surface area contributed by atoms with E-state index in [1.54, 1.807) is 26.2 Å². The molecule has 2 heterocycles. The van der Waals surface area contributed by atoms with Crippen molar-refractivity contribution in [1.82, 2.24) is 25.3 Å². The first-order chi connectivity index (χ1) is 10.5. The van der Waals surface area contributed by atoms with Gasteiger partial charge in [-0.15, -0.1) is 5.10 Å². The zero-order valence-electron chi connectivity index (χ0n) is 12.5. The van der Waals surface area contributed by atoms with Crippen molar-refractivity contribution in [1.29, 1.82) is 0 Å². The van der Waals surface area contributed by atoms with E-state index in [9.17, 15) is 9.59 Å². The molecular weight excluding hydrogens is 284 g/mol. The van der Waals surface area contributed by atoms with E-state index in [1.165, 1.54) is 10.9 Å². The van der Waals surface area contributed by atoms with E-state index in [4.69, 9.17) is 0 Å². The largest absolute Gasteiger partial charge is 0.350 e. The number of carbonyl (C=O) groups excluding carboxylic acids is 2. The highest BCUT2D eigenvalue weighted by Gasteiger charge is 2.11. The van der Waals surface area contributed by atoms with Crippen molar-refractivity contribution >= 4 is 17.6 Å². The van der Waals surface area contributed by atoms with E-state index in [2.05, 4.69) is 25.9 Å². The van der Waals surface area contributed by atoms with Gasteiger partial charge in [-0.05, 0) is 11.6 Å². The summed E-state index contributed by atoms with van der Waals surface area (Å²) in [5.74, 6) is -0.157. The number of rotatable bonds is 6. The van der Waals surface area contributed by atoms with Crippen molar-refractivity contribution in [3.63, 3.8) is 0 Å². The molecule has 0 aliphatic rings. The van der Waals surface area contributed by atoms with Gasteiger partial charge in [-0.2, -0.15) is 0 Å². The van der Waals surface area contributed by atoms with Gasteiger partial charge in [-0.25, -0.2) is 4.68 Å². The van der Waals surface area contributed by atoms with Crippen LogP contribution in [0, 0.1) is 5.92 Å². The number of hydrogen-bond donors (Lipinski definition) is 2. The molecule has 2 rings (SSSR count). The van der Waals surface area contributed by atoms with Crippen molar-refractivity contribution in [2.24, 2.45) is 5.92 Å². The van der Waals surface area contributed by atoms with E-state index < -0.39 is 0 Å². The molecule has 2 aromatic rings. The molecule has 0 unspecified atom stereocenters. The Morgan fingerprint density at radius 1 is 1.36 bits per heavy atom. The maximum Gasteiger partial charge on any atom is 0.242 e. The summed E-state index contributed by atoms with van der Waals surface area (Å²) in [6.07, 6.45) is 4.88. The number of nitrogens with one attached hydrogen (secondary N) is 2. The first kappa shape index (κ1) is 15.6. The molecule has 0 aliphatic carbocycles. The van der Waals surface area contributed by atoms with Crippen molar-refractivity contribution in [3.05, 3.63) is 36.3 Å². The van der Waals surface area contributed by atoms with E-state index in [-0.39, 0.29) is 24.3 Å². The Bertz CT molecular complexity index is 638. The number of nitrogens with zero attached hydrogens (tertiary/aromatic N) is 4. The van der Waals surface area contributed by atoms with Crippen LogP contribution in [0.5, 0.6) is 0 Å². The molecule has 0 aromatic carbocycles. The summed E-state index contributed by atoms with van der Waals surface area (Å²) >= 11 is 0. The average Bonchev–Trinajstić information content (AvgIpc) is 2.93. The van der Waals surface area contributed by atoms with E-state index in [0.29, 0.717) is 12.4 Å². The van der Waals surface area contributed by atoms with Crippen LogP contribution in [-0.4, -0.2) is 31.8 Å². The van der Waals surface area contributed by atoms with Crippen LogP contribution in [0.15, 0.2) is 30.7 Å². The maximum absolute atomic E-state index is 11.8. The van der Waals surface area contributed by atoms with Crippen LogP contribution in [-0.2, 0) is 22.7 Å². The smallest absolute Gasteiger partial charge is 0.242 e. The fraction of sp³-hybridized carbons (Fsp3) is 0.357. The number of aromatic nitrogens is 4. The molecule has 0 aliphatic heterocycles. The van der Waals surface area contributed by atoms with Gasteiger partial charge in [0.05, 0.1) is 6.20 Å². The number of amides is 2. The van der Waals surface area contributed by atoms with Crippen LogP contribution in [0.2, 0.25) is 0 Å². The summed E-state index contributed by atoms with van der Waals surface area (Å²) in [6.45, 7) is 4.00. The number of pyridine rings is 1. The Hall–Kier alpha value is -2.77. The van der Waals surface area contributed by atoms with Gasteiger partial charge in [0.15, 0.2) is 5.82 Å². The zero-order valence-corrected chi connectivity index (χ0v) is 12.5. The summed E-state index contributed by atoms with van der Waals surface area (Å²) in [6, 6.07) is 3.69. The summed E-state index contributed by atoms with van der Waals surface area (Å²) in [5, 5.41) is 13.0. The van der Waals surface area contributed by atoms with Crippen molar-refractivity contribution in [2.75, 3.05) is 5.32 Å². The molecule has 2 N–H and O–H groups in total. The van der Waals surface area contributed by atoms with Gasteiger partial charge in [0.1, 0.15) is 6.54 Å². The molecule has 22 heavy (non-hydrogen) atoms. The van der Waals surface area contributed by atoms with Gasteiger partial charge in [0.25, 0.3) is 0 Å². The molecule has 0 spiro atoms. The second-order valence-corrected chi connectivity index (χ2v) is 5.08. The van der Waals surface area contributed by atoms with Crippen LogP contribution in [0.1, 0.15) is 19.4 Å². The Balaban J connectivity index is 1.82. The molecule has 2 aromatic heterocycles. The molecule has 0 bridgehead atoms. The highest BCUT2D eigenvalue weighted by atomic mass is 16.2. The van der Waals surface area contributed by atoms with Crippen molar-refractivity contribution < 1.29 is 9.59 Å². The third-order valence-electron chi connectivity index (χ3n) is 2.83. The van der Waals surface area contributed by atoms with E-state index in [1.807, 2.05) is 12.1 Å². The quantitative estimate of drug-likeness (QED) is 0.813. The van der Waals surface area contributed by atoms with Gasteiger partial charge in [-0.3, -0.25) is 14.6 Å². The third kappa shape index (κ3) is 4.65. The van der Waals surface area contributed by atoms with Crippen LogP contribution in [0.25, 0.3) is 0 Å². The summed E-state index contributed by atoms with van der Waals surface area (Å²) in [7, 11) is 0. The third-order valence-corrected chi connectivity index (χ3v) is 2.83. The SMILES string of the molecule is CC(C)C(=O)Nc1cn(CC(=O)NCc2cccnc2)nn1. The summed E-state index contributed by atoms with van der Waals surface area (Å²) in [5.41, 5.74) is 0.916. The van der Waals surface area contributed by atoms with E-state index >= 15 is 0 Å². The molecular formula is C14H18N6O2. The fourth-order valence-electron chi connectivity index (χ4n) is 1.61. The molecule has 8 heteroatoms. The minimum Gasteiger partial charge on any atom is -0.350 e. The Morgan fingerprint density at radius 3 is 2.86 bits per heavy atom. The monoisotopic (exact) mass is 302 g/mol. The number of carbonyl (C=O) groups is 2. The highest BCUT2D eigenvalue weighted by Crippen LogP contribution is 2.03. The lowest BCUT2D eigenvalue weighted by Crippen LogP contribution is -2.27. The Morgan fingerprint density at radius 2 is 2.18 bits per heavy atom. The Labute approximate surface area is 127 Å². The first-order valence-electron chi connectivity index (χ1n) is 6.91. The van der Waals surface area contributed by atoms with Gasteiger partial charge in [-0.1, -0.05) is 25.1 Å². The highest BCUT2D eigenvalue weighted by molar-refractivity contribution is 5.90. The minimum atomic E-state index is -0.199. The van der Waals surface area contributed by atoms with Crippen LogP contribution >= 0.6 is 0 Å². The van der Waals surface area contributed by atoms with Crippen LogP contribution in [0.3, 0.4) is 0 Å². The van der Waals surface area contributed by atoms with Gasteiger partial charge < -0.3 is 10.6 Å². The van der Waals surface area contributed by atoms with Gasteiger partial charge in [0.2, 0.25) is 11.8 Å². The predicted octanol–water partition coefficient (Wildman–Crippen LogP) is 0.584. The topological polar surface area (TPSA) is 102 Å². The van der Waals surface area contributed by atoms with Crippen molar-refractivity contribution in [2.45, 2.75) is 26.9 Å². The minimum absolute atomic E-state index is 0.0326. The molecule has 0 radical (unpaired) electrons. The predicted molar refractivity (Wildman–Crippen MR) is 79.6 cm³/mol. The second kappa shape index (κ2) is 7.30. The molecule has 2 amide bonds. The molecule has 0 saturated carbocycles. The molecule has 8 nitrogen and oxygen atoms in total. The lowest BCUT2D eigenvalue weighted by Gasteiger charge is -2.04. The van der Waals surface area contributed by atoms with Crippen LogP contribution in [0.4, 0.5) is 5.82 Å². The first-order valence-corrected chi connectivity index (χ1v) is 6.91.